The zero-order valence-electron chi connectivity index (χ0n) is 17.2. The maximum Gasteiger partial charge on any atom is 0.298 e. The Morgan fingerprint density at radius 2 is 1.79 bits per heavy atom. The van der Waals surface area contributed by atoms with Gasteiger partial charge in [0.25, 0.3) is 10.1 Å². The number of nitrogens with two attached hydrogens (primary N) is 1. The van der Waals surface area contributed by atoms with Gasteiger partial charge in [0.15, 0.2) is 0 Å². The molecule has 29 heavy (non-hydrogen) atoms. The number of carbonyl (C=O) groups excluding carboxylic acids is 1. The largest absolute Gasteiger partial charge is 0.492 e. The quantitative estimate of drug-likeness (QED) is 0.461. The van der Waals surface area contributed by atoms with Gasteiger partial charge in [0.05, 0.1) is 6.61 Å². The van der Waals surface area contributed by atoms with Crippen molar-refractivity contribution in [3.8, 4) is 5.75 Å². The van der Waals surface area contributed by atoms with Gasteiger partial charge >= 0.3 is 0 Å². The zero-order chi connectivity index (χ0) is 22.0. The van der Waals surface area contributed by atoms with Crippen molar-refractivity contribution in [3.05, 3.63) is 42.5 Å². The Bertz CT molecular complexity index is 912. The van der Waals surface area contributed by atoms with Crippen LogP contribution >= 0.6 is 0 Å². The molecule has 0 aromatic heterocycles. The highest BCUT2D eigenvalue weighted by molar-refractivity contribution is 7.86. The topological polar surface area (TPSA) is 122 Å². The Balaban J connectivity index is 0.000000291. The van der Waals surface area contributed by atoms with Gasteiger partial charge in [-0.3, -0.25) is 9.35 Å². The summed E-state index contributed by atoms with van der Waals surface area (Å²) in [5.74, 6) is 0.0656. The van der Waals surface area contributed by atoms with Crippen LogP contribution in [0.1, 0.15) is 27.7 Å². The van der Waals surface area contributed by atoms with Crippen molar-refractivity contribution < 1.29 is 22.5 Å². The summed E-state index contributed by atoms with van der Waals surface area (Å²) in [4.78, 5) is 12.8. The van der Waals surface area contributed by atoms with E-state index in [0.717, 1.165) is 30.5 Å². The fourth-order valence-corrected chi connectivity index (χ4v) is 3.24. The molecule has 9 heteroatoms. The van der Waals surface area contributed by atoms with E-state index in [1.54, 1.807) is 6.92 Å². The highest BCUT2D eigenvalue weighted by atomic mass is 32.2. The number of nitrogen functional groups attached to an aromatic ring is 1. The van der Waals surface area contributed by atoms with Gasteiger partial charge in [-0.15, -0.1) is 0 Å². The van der Waals surface area contributed by atoms with E-state index >= 15 is 0 Å². The third kappa shape index (κ3) is 8.00. The molecule has 0 aliphatic heterocycles. The van der Waals surface area contributed by atoms with Crippen molar-refractivity contribution >= 4 is 33.1 Å². The van der Waals surface area contributed by atoms with E-state index in [2.05, 4.69) is 30.1 Å². The zero-order valence-corrected chi connectivity index (χ0v) is 18.0. The van der Waals surface area contributed by atoms with Gasteiger partial charge in [-0.05, 0) is 57.2 Å². The van der Waals surface area contributed by atoms with Crippen LogP contribution in [0.25, 0.3) is 0 Å². The minimum Gasteiger partial charge on any atom is -0.492 e. The van der Waals surface area contributed by atoms with E-state index < -0.39 is 10.1 Å². The fraction of sp³-hybridized carbons (Fsp3) is 0.350. The summed E-state index contributed by atoms with van der Waals surface area (Å²) < 4.78 is 35.7. The van der Waals surface area contributed by atoms with Gasteiger partial charge in [-0.2, -0.15) is 8.42 Å². The van der Waals surface area contributed by atoms with Crippen molar-refractivity contribution in [2.75, 3.05) is 35.6 Å². The SMILES string of the molecule is CCN(CC)c1cccc(NC(C)=O)c1.CCOc1ccc(N)cc1S(=O)(=O)O. The first-order valence-corrected chi connectivity index (χ1v) is 10.7. The summed E-state index contributed by atoms with van der Waals surface area (Å²) in [5, 5.41) is 2.78. The summed E-state index contributed by atoms with van der Waals surface area (Å²) in [7, 11) is -4.28. The van der Waals surface area contributed by atoms with Gasteiger partial charge in [0, 0.05) is 37.1 Å². The lowest BCUT2D eigenvalue weighted by Gasteiger charge is -2.21. The molecule has 0 spiro atoms. The maximum absolute atomic E-state index is 10.9. The number of rotatable bonds is 7. The number of nitrogens with one attached hydrogen (secondary N) is 1. The van der Waals surface area contributed by atoms with Crippen LogP contribution < -0.4 is 20.7 Å². The Morgan fingerprint density at radius 3 is 2.31 bits per heavy atom. The van der Waals surface area contributed by atoms with Gasteiger partial charge < -0.3 is 20.7 Å². The van der Waals surface area contributed by atoms with Crippen molar-refractivity contribution in [2.45, 2.75) is 32.6 Å². The average Bonchev–Trinajstić information content (AvgIpc) is 2.64. The molecule has 0 unspecified atom stereocenters. The number of nitrogens with zero attached hydrogens (tertiary/aromatic N) is 1. The Hall–Kier alpha value is -2.78. The third-order valence-electron chi connectivity index (χ3n) is 3.84. The molecule has 0 radical (unpaired) electrons. The lowest BCUT2D eigenvalue weighted by atomic mass is 10.2. The minimum atomic E-state index is -4.28. The minimum absolute atomic E-state index is 0.0355. The van der Waals surface area contributed by atoms with Crippen molar-refractivity contribution in [1.29, 1.82) is 0 Å². The fourth-order valence-electron chi connectivity index (χ4n) is 2.57. The molecule has 0 fully saturated rings. The number of hydrogen-bond donors (Lipinski definition) is 3. The molecule has 0 heterocycles. The number of benzene rings is 2. The van der Waals surface area contributed by atoms with Gasteiger partial charge in [0.2, 0.25) is 5.91 Å². The van der Waals surface area contributed by atoms with Crippen LogP contribution in [0.3, 0.4) is 0 Å². The van der Waals surface area contributed by atoms with Crippen LogP contribution in [-0.4, -0.2) is 38.6 Å². The molecule has 8 nitrogen and oxygen atoms in total. The highest BCUT2D eigenvalue weighted by Gasteiger charge is 2.16. The summed E-state index contributed by atoms with van der Waals surface area (Å²) in [5.41, 5.74) is 7.64. The van der Waals surface area contributed by atoms with Crippen LogP contribution in [0.4, 0.5) is 17.1 Å². The van der Waals surface area contributed by atoms with Crippen molar-refractivity contribution in [2.24, 2.45) is 0 Å². The summed E-state index contributed by atoms with van der Waals surface area (Å²) in [6, 6.07) is 12.0. The van der Waals surface area contributed by atoms with Crippen molar-refractivity contribution in [3.63, 3.8) is 0 Å². The monoisotopic (exact) mass is 423 g/mol. The Morgan fingerprint density at radius 1 is 1.14 bits per heavy atom. The van der Waals surface area contributed by atoms with E-state index in [1.807, 2.05) is 18.2 Å². The Kier molecular flexibility index (Phi) is 9.43. The molecule has 0 saturated carbocycles. The van der Waals surface area contributed by atoms with E-state index in [0.29, 0.717) is 6.61 Å². The second-order valence-electron chi connectivity index (χ2n) is 6.02. The van der Waals surface area contributed by atoms with Crippen molar-refractivity contribution in [1.82, 2.24) is 0 Å². The number of carbonyl (C=O) groups is 1. The van der Waals surface area contributed by atoms with Crippen LogP contribution in [-0.2, 0) is 14.9 Å². The summed E-state index contributed by atoms with van der Waals surface area (Å²) >= 11 is 0. The standard InChI is InChI=1S/C12H18N2O.C8H11NO4S/c1-4-14(5-2)12-8-6-7-11(9-12)13-10(3)15;1-2-13-7-4-3-6(9)5-8(7)14(10,11)12/h6-9H,4-5H2,1-3H3,(H,13,15);3-5H,2,9H2,1H3,(H,10,11,12). The smallest absolute Gasteiger partial charge is 0.298 e. The third-order valence-corrected chi connectivity index (χ3v) is 4.72. The Labute approximate surface area is 172 Å². The summed E-state index contributed by atoms with van der Waals surface area (Å²) in [6.07, 6.45) is 0. The molecule has 0 saturated heterocycles. The van der Waals surface area contributed by atoms with Crippen LogP contribution in [0.15, 0.2) is 47.4 Å². The molecule has 4 N–H and O–H groups in total. The predicted octanol–water partition coefficient (Wildman–Crippen LogP) is 3.41. The highest BCUT2D eigenvalue weighted by Crippen LogP contribution is 2.25. The number of ether oxygens (including phenoxy) is 1. The normalized spacial score (nSPS) is 10.5. The first kappa shape index (κ1) is 24.3. The molecular formula is C20H29N3O5S. The lowest BCUT2D eigenvalue weighted by Crippen LogP contribution is -2.21. The molecule has 2 aromatic rings. The van der Waals surface area contributed by atoms with E-state index in [-0.39, 0.29) is 22.2 Å². The predicted molar refractivity (Wildman–Crippen MR) is 116 cm³/mol. The van der Waals surface area contributed by atoms with E-state index in [1.165, 1.54) is 19.1 Å². The first-order chi connectivity index (χ1) is 13.6. The number of hydrogen-bond acceptors (Lipinski definition) is 6. The second-order valence-corrected chi connectivity index (χ2v) is 7.41. The molecule has 2 aromatic carbocycles. The molecule has 160 valence electrons. The van der Waals surface area contributed by atoms with Gasteiger partial charge in [0.1, 0.15) is 10.6 Å². The van der Waals surface area contributed by atoms with Crippen LogP contribution in [0.2, 0.25) is 0 Å². The molecule has 0 aliphatic rings. The van der Waals surface area contributed by atoms with E-state index in [4.69, 9.17) is 15.0 Å². The molecule has 0 bridgehead atoms. The van der Waals surface area contributed by atoms with Gasteiger partial charge in [-0.1, -0.05) is 6.07 Å². The molecular weight excluding hydrogens is 394 g/mol. The number of amides is 1. The van der Waals surface area contributed by atoms with Gasteiger partial charge in [-0.25, -0.2) is 0 Å². The second kappa shape index (κ2) is 11.3. The summed E-state index contributed by atoms with van der Waals surface area (Å²) in [6.45, 7) is 9.73. The van der Waals surface area contributed by atoms with Crippen LogP contribution in [0, 0.1) is 0 Å². The molecule has 1 amide bonds. The number of anilines is 3. The maximum atomic E-state index is 10.9. The van der Waals surface area contributed by atoms with E-state index in [9.17, 15) is 13.2 Å². The lowest BCUT2D eigenvalue weighted by molar-refractivity contribution is -0.114. The molecule has 0 atom stereocenters. The van der Waals surface area contributed by atoms with Crippen LogP contribution in [0.5, 0.6) is 5.75 Å². The molecule has 0 aliphatic carbocycles. The first-order valence-electron chi connectivity index (χ1n) is 9.24. The average molecular weight is 424 g/mol. The molecule has 2 rings (SSSR count).